The first-order valence-corrected chi connectivity index (χ1v) is 15.3. The van der Waals surface area contributed by atoms with Gasteiger partial charge in [0.05, 0.1) is 5.69 Å². The van der Waals surface area contributed by atoms with E-state index in [0.717, 1.165) is 30.6 Å². The predicted octanol–water partition coefficient (Wildman–Crippen LogP) is 4.62. The van der Waals surface area contributed by atoms with Crippen LogP contribution in [0.15, 0.2) is 89.4 Å². The molecular formula is C30H37BrN4O4S. The number of benzene rings is 3. The number of carbonyl (C=O) groups is 2. The number of nitrogens with zero attached hydrogens (tertiary/aromatic N) is 3. The number of hydrogen-bond donors (Lipinski definition) is 1. The van der Waals surface area contributed by atoms with Crippen LogP contribution >= 0.6 is 15.9 Å². The maximum absolute atomic E-state index is 14.2. The van der Waals surface area contributed by atoms with E-state index in [9.17, 15) is 18.0 Å². The average molecular weight is 630 g/mol. The predicted molar refractivity (Wildman–Crippen MR) is 163 cm³/mol. The van der Waals surface area contributed by atoms with Gasteiger partial charge in [0.15, 0.2) is 0 Å². The highest BCUT2D eigenvalue weighted by Gasteiger charge is 2.35. The van der Waals surface area contributed by atoms with Crippen LogP contribution in [0.25, 0.3) is 0 Å². The van der Waals surface area contributed by atoms with Crippen molar-refractivity contribution in [3.05, 3.63) is 101 Å². The second kappa shape index (κ2) is 14.4. The molecule has 10 heteroatoms. The largest absolute Gasteiger partial charge is 0.352 e. The molecule has 0 spiro atoms. The molecule has 0 fully saturated rings. The maximum atomic E-state index is 14.2. The first-order chi connectivity index (χ1) is 19.0. The number of carbonyl (C=O) groups excluding carboxylic acids is 2. The van der Waals surface area contributed by atoms with E-state index in [1.54, 1.807) is 30.3 Å². The molecule has 0 aliphatic carbocycles. The van der Waals surface area contributed by atoms with Gasteiger partial charge in [-0.15, -0.1) is 0 Å². The lowest BCUT2D eigenvalue weighted by Gasteiger charge is -2.35. The van der Waals surface area contributed by atoms with Crippen molar-refractivity contribution in [3.63, 3.8) is 0 Å². The summed E-state index contributed by atoms with van der Waals surface area (Å²) in [6.45, 7) is 3.55. The lowest BCUT2D eigenvalue weighted by Crippen LogP contribution is -2.55. The molecule has 214 valence electrons. The van der Waals surface area contributed by atoms with E-state index in [4.69, 9.17) is 0 Å². The van der Waals surface area contributed by atoms with Gasteiger partial charge in [-0.3, -0.25) is 9.59 Å². The van der Waals surface area contributed by atoms with Crippen LogP contribution in [0.5, 0.6) is 0 Å². The molecule has 0 aromatic heterocycles. The summed E-state index contributed by atoms with van der Waals surface area (Å²) in [6.07, 6.45) is 1.00. The van der Waals surface area contributed by atoms with E-state index < -0.39 is 28.7 Å². The fraction of sp³-hybridized carbons (Fsp3) is 0.333. The van der Waals surface area contributed by atoms with Crippen LogP contribution in [-0.4, -0.2) is 62.2 Å². The summed E-state index contributed by atoms with van der Waals surface area (Å²) in [5.74, 6) is -0.775. The van der Waals surface area contributed by atoms with Gasteiger partial charge in [0.1, 0.15) is 12.6 Å². The van der Waals surface area contributed by atoms with Crippen molar-refractivity contribution in [3.8, 4) is 0 Å². The molecule has 8 nitrogen and oxygen atoms in total. The lowest BCUT2D eigenvalue weighted by molar-refractivity contribution is -0.140. The zero-order valence-electron chi connectivity index (χ0n) is 23.3. The van der Waals surface area contributed by atoms with Gasteiger partial charge in [0.25, 0.3) is 0 Å². The van der Waals surface area contributed by atoms with Crippen molar-refractivity contribution in [1.82, 2.24) is 14.5 Å². The quantitative estimate of drug-likeness (QED) is 0.299. The molecule has 0 aliphatic rings. The number of para-hydroxylation sites is 1. The third-order valence-corrected chi connectivity index (χ3v) is 8.95. The Hall–Kier alpha value is -3.21. The summed E-state index contributed by atoms with van der Waals surface area (Å²) in [5.41, 5.74) is 2.06. The SMILES string of the molecule is CC[C@@H](C)NC(=O)[C@H](Cc1ccccc1)N(Cc1ccc(Br)cc1)C(=O)CN(c1ccccc1)S(=O)(=O)N(C)C. The van der Waals surface area contributed by atoms with E-state index in [-0.39, 0.29) is 24.9 Å². The van der Waals surface area contributed by atoms with Crippen LogP contribution in [0, 0.1) is 0 Å². The van der Waals surface area contributed by atoms with E-state index in [1.807, 2.05) is 68.4 Å². The summed E-state index contributed by atoms with van der Waals surface area (Å²) >= 11 is 3.44. The summed E-state index contributed by atoms with van der Waals surface area (Å²) in [4.78, 5) is 29.4. The van der Waals surface area contributed by atoms with Crippen LogP contribution in [0.3, 0.4) is 0 Å². The third-order valence-electron chi connectivity index (χ3n) is 6.60. The van der Waals surface area contributed by atoms with E-state index in [1.165, 1.54) is 19.0 Å². The van der Waals surface area contributed by atoms with Gasteiger partial charge in [-0.2, -0.15) is 12.7 Å². The van der Waals surface area contributed by atoms with Crippen molar-refractivity contribution < 1.29 is 18.0 Å². The van der Waals surface area contributed by atoms with Crippen LogP contribution in [-0.2, 0) is 32.8 Å². The normalized spacial score (nSPS) is 12.9. The maximum Gasteiger partial charge on any atom is 0.304 e. The zero-order valence-corrected chi connectivity index (χ0v) is 25.7. The fourth-order valence-electron chi connectivity index (χ4n) is 4.09. The summed E-state index contributed by atoms with van der Waals surface area (Å²) < 4.78 is 29.8. The Balaban J connectivity index is 2.07. The lowest BCUT2D eigenvalue weighted by atomic mass is 10.0. The van der Waals surface area contributed by atoms with Crippen molar-refractivity contribution in [2.75, 3.05) is 24.9 Å². The van der Waals surface area contributed by atoms with Gasteiger partial charge >= 0.3 is 10.2 Å². The first kappa shape index (κ1) is 31.3. The minimum Gasteiger partial charge on any atom is -0.352 e. The summed E-state index contributed by atoms with van der Waals surface area (Å²) in [5, 5.41) is 3.03. The number of anilines is 1. The second-order valence-corrected chi connectivity index (χ2v) is 12.8. The number of nitrogens with one attached hydrogen (secondary N) is 1. The minimum atomic E-state index is -4.01. The van der Waals surface area contributed by atoms with Crippen molar-refractivity contribution in [2.24, 2.45) is 0 Å². The molecule has 1 N–H and O–H groups in total. The molecule has 3 aromatic rings. The number of amides is 2. The number of halogens is 1. The van der Waals surface area contributed by atoms with Crippen LogP contribution in [0.1, 0.15) is 31.4 Å². The Morgan fingerprint density at radius 2 is 1.45 bits per heavy atom. The van der Waals surface area contributed by atoms with E-state index in [2.05, 4.69) is 21.2 Å². The molecule has 40 heavy (non-hydrogen) atoms. The van der Waals surface area contributed by atoms with Gasteiger partial charge in [-0.05, 0) is 48.7 Å². The van der Waals surface area contributed by atoms with Crippen molar-refractivity contribution in [1.29, 1.82) is 0 Å². The molecule has 0 radical (unpaired) electrons. The Morgan fingerprint density at radius 3 is 2.00 bits per heavy atom. The second-order valence-electron chi connectivity index (χ2n) is 9.80. The number of rotatable bonds is 13. The topological polar surface area (TPSA) is 90.0 Å². The standard InChI is InChI=1S/C30H37BrN4O4S/c1-5-23(2)32-30(37)28(20-24-12-8-6-9-13-24)34(21-25-16-18-26(31)19-17-25)29(36)22-35(40(38,39)33(3)4)27-14-10-7-11-15-27/h6-19,23,28H,5,20-22H2,1-4H3,(H,32,37)/t23-,28+/m1/s1. The Labute approximate surface area is 246 Å². The Bertz CT molecular complexity index is 1350. The molecular weight excluding hydrogens is 592 g/mol. The fourth-order valence-corrected chi connectivity index (χ4v) is 5.41. The Morgan fingerprint density at radius 1 is 0.875 bits per heavy atom. The van der Waals surface area contributed by atoms with Gasteiger partial charge in [-0.25, -0.2) is 4.31 Å². The smallest absolute Gasteiger partial charge is 0.304 e. The van der Waals surface area contributed by atoms with Crippen LogP contribution in [0.4, 0.5) is 5.69 Å². The van der Waals surface area contributed by atoms with Gasteiger partial charge in [0.2, 0.25) is 11.8 Å². The molecule has 3 aromatic carbocycles. The van der Waals surface area contributed by atoms with Gasteiger partial charge < -0.3 is 10.2 Å². The molecule has 0 unspecified atom stereocenters. The highest BCUT2D eigenvalue weighted by Crippen LogP contribution is 2.22. The molecule has 2 amide bonds. The molecule has 0 saturated heterocycles. The average Bonchev–Trinajstić information content (AvgIpc) is 2.95. The van der Waals surface area contributed by atoms with Crippen LogP contribution in [0.2, 0.25) is 0 Å². The molecule has 0 heterocycles. The van der Waals surface area contributed by atoms with Crippen molar-refractivity contribution >= 4 is 43.6 Å². The molecule has 3 rings (SSSR count). The van der Waals surface area contributed by atoms with Crippen molar-refractivity contribution in [2.45, 2.75) is 45.3 Å². The highest BCUT2D eigenvalue weighted by atomic mass is 79.9. The molecule has 2 atom stereocenters. The summed E-state index contributed by atoms with van der Waals surface area (Å²) in [7, 11) is -1.17. The molecule has 0 aliphatic heterocycles. The Kier molecular flexibility index (Phi) is 11.3. The summed E-state index contributed by atoms with van der Waals surface area (Å²) in [6, 6.07) is 24.5. The van der Waals surface area contributed by atoms with E-state index >= 15 is 0 Å². The zero-order chi connectivity index (χ0) is 29.3. The highest BCUT2D eigenvalue weighted by molar-refractivity contribution is 9.10. The van der Waals surface area contributed by atoms with Crippen LogP contribution < -0.4 is 9.62 Å². The monoisotopic (exact) mass is 628 g/mol. The minimum absolute atomic E-state index is 0.0923. The van der Waals surface area contributed by atoms with Gasteiger partial charge in [-0.1, -0.05) is 83.5 Å². The molecule has 0 saturated carbocycles. The third kappa shape index (κ3) is 8.39. The first-order valence-electron chi connectivity index (χ1n) is 13.2. The number of hydrogen-bond acceptors (Lipinski definition) is 4. The van der Waals surface area contributed by atoms with E-state index in [0.29, 0.717) is 5.69 Å². The van der Waals surface area contributed by atoms with Gasteiger partial charge in [0, 0.05) is 37.6 Å². The molecule has 0 bridgehead atoms.